The van der Waals surface area contributed by atoms with Crippen LogP contribution in [0.25, 0.3) is 0 Å². The van der Waals surface area contributed by atoms with Crippen molar-refractivity contribution in [1.82, 2.24) is 10.2 Å². The molecule has 0 fully saturated rings. The maximum atomic E-state index is 5.74. The standard InChI is InChI=1S/C11H19N3S/c1-4-5-6-15-11-10(7-12)8(2)9(3)13-14-11/h4-7,12H2,1-3H3. The highest BCUT2D eigenvalue weighted by molar-refractivity contribution is 7.99. The van der Waals surface area contributed by atoms with Gasteiger partial charge in [0.05, 0.1) is 5.69 Å². The average Bonchev–Trinajstić information content (AvgIpc) is 2.24. The second-order valence-electron chi connectivity index (χ2n) is 3.60. The van der Waals surface area contributed by atoms with E-state index in [0.29, 0.717) is 6.54 Å². The lowest BCUT2D eigenvalue weighted by atomic mass is 10.1. The third kappa shape index (κ3) is 3.18. The Morgan fingerprint density at radius 2 is 2.00 bits per heavy atom. The van der Waals surface area contributed by atoms with E-state index in [1.165, 1.54) is 18.4 Å². The topological polar surface area (TPSA) is 51.8 Å². The second kappa shape index (κ2) is 6.08. The van der Waals surface area contributed by atoms with Crippen LogP contribution in [0.3, 0.4) is 0 Å². The van der Waals surface area contributed by atoms with E-state index in [4.69, 9.17) is 5.73 Å². The molecule has 0 saturated carbocycles. The summed E-state index contributed by atoms with van der Waals surface area (Å²) in [5, 5.41) is 9.36. The molecule has 1 rings (SSSR count). The minimum absolute atomic E-state index is 0.552. The fourth-order valence-corrected chi connectivity index (χ4v) is 2.44. The minimum atomic E-state index is 0.552. The lowest BCUT2D eigenvalue weighted by Crippen LogP contribution is -2.07. The van der Waals surface area contributed by atoms with E-state index in [2.05, 4.69) is 24.0 Å². The Morgan fingerprint density at radius 1 is 1.27 bits per heavy atom. The van der Waals surface area contributed by atoms with E-state index in [1.807, 2.05) is 6.92 Å². The van der Waals surface area contributed by atoms with Gasteiger partial charge in [0.15, 0.2) is 0 Å². The Labute approximate surface area is 95.9 Å². The molecule has 2 N–H and O–H groups in total. The number of thioether (sulfide) groups is 1. The Hall–Kier alpha value is -0.610. The van der Waals surface area contributed by atoms with E-state index < -0.39 is 0 Å². The molecular formula is C11H19N3S. The van der Waals surface area contributed by atoms with E-state index in [-0.39, 0.29) is 0 Å². The Kier molecular flexibility index (Phi) is 5.05. The summed E-state index contributed by atoms with van der Waals surface area (Å²) in [6.07, 6.45) is 2.42. The highest BCUT2D eigenvalue weighted by Gasteiger charge is 2.09. The Morgan fingerprint density at radius 3 is 2.60 bits per heavy atom. The third-order valence-corrected chi connectivity index (χ3v) is 3.58. The molecule has 0 aromatic carbocycles. The molecule has 0 bridgehead atoms. The fourth-order valence-electron chi connectivity index (χ4n) is 1.30. The summed E-state index contributed by atoms with van der Waals surface area (Å²) in [5.41, 5.74) is 9.07. The van der Waals surface area contributed by atoms with Gasteiger partial charge in [-0.3, -0.25) is 0 Å². The Bertz CT molecular complexity index is 326. The zero-order chi connectivity index (χ0) is 11.3. The van der Waals surface area contributed by atoms with Crippen LogP contribution < -0.4 is 5.73 Å². The predicted octanol–water partition coefficient (Wildman–Crippen LogP) is 2.44. The summed E-state index contributed by atoms with van der Waals surface area (Å²) < 4.78 is 0. The van der Waals surface area contributed by atoms with Crippen molar-refractivity contribution in [2.24, 2.45) is 5.73 Å². The monoisotopic (exact) mass is 225 g/mol. The fraction of sp³-hybridized carbons (Fsp3) is 0.636. The van der Waals surface area contributed by atoms with Gasteiger partial charge in [-0.2, -0.15) is 5.10 Å². The molecule has 0 amide bonds. The van der Waals surface area contributed by atoms with Crippen molar-refractivity contribution in [3.05, 3.63) is 16.8 Å². The lowest BCUT2D eigenvalue weighted by molar-refractivity contribution is 0.821. The molecule has 0 unspecified atom stereocenters. The first-order chi connectivity index (χ1) is 7.20. The van der Waals surface area contributed by atoms with Gasteiger partial charge in [0, 0.05) is 12.1 Å². The van der Waals surface area contributed by atoms with Crippen LogP contribution >= 0.6 is 11.8 Å². The summed E-state index contributed by atoms with van der Waals surface area (Å²) in [5.74, 6) is 1.10. The van der Waals surface area contributed by atoms with E-state index >= 15 is 0 Å². The zero-order valence-corrected chi connectivity index (χ0v) is 10.5. The van der Waals surface area contributed by atoms with E-state index in [1.54, 1.807) is 11.8 Å². The molecule has 0 spiro atoms. The summed E-state index contributed by atoms with van der Waals surface area (Å²) in [7, 11) is 0. The van der Waals surface area contributed by atoms with Crippen LogP contribution in [0.4, 0.5) is 0 Å². The molecule has 4 heteroatoms. The van der Waals surface area contributed by atoms with Gasteiger partial charge in [-0.1, -0.05) is 13.3 Å². The molecule has 84 valence electrons. The van der Waals surface area contributed by atoms with Crippen molar-refractivity contribution in [3.8, 4) is 0 Å². The van der Waals surface area contributed by atoms with Crippen LogP contribution in [-0.4, -0.2) is 16.0 Å². The molecule has 3 nitrogen and oxygen atoms in total. The van der Waals surface area contributed by atoms with Crippen molar-refractivity contribution in [3.63, 3.8) is 0 Å². The van der Waals surface area contributed by atoms with E-state index in [9.17, 15) is 0 Å². The maximum Gasteiger partial charge on any atom is 0.124 e. The number of aromatic nitrogens is 2. The molecule has 15 heavy (non-hydrogen) atoms. The number of unbranched alkanes of at least 4 members (excludes halogenated alkanes) is 1. The van der Waals surface area contributed by atoms with Gasteiger partial charge in [0.1, 0.15) is 5.03 Å². The van der Waals surface area contributed by atoms with Crippen molar-refractivity contribution in [2.75, 3.05) is 5.75 Å². The van der Waals surface area contributed by atoms with Gasteiger partial charge in [0.2, 0.25) is 0 Å². The summed E-state index contributed by atoms with van der Waals surface area (Å²) in [6, 6.07) is 0. The smallest absolute Gasteiger partial charge is 0.124 e. The summed E-state index contributed by atoms with van der Waals surface area (Å²) in [6.45, 7) is 6.78. The highest BCUT2D eigenvalue weighted by Crippen LogP contribution is 2.24. The number of rotatable bonds is 5. The first kappa shape index (κ1) is 12.5. The number of hydrogen-bond donors (Lipinski definition) is 1. The molecule has 0 radical (unpaired) electrons. The first-order valence-corrected chi connectivity index (χ1v) is 6.34. The average molecular weight is 225 g/mol. The largest absolute Gasteiger partial charge is 0.326 e. The van der Waals surface area contributed by atoms with Gasteiger partial charge < -0.3 is 5.73 Å². The molecule has 0 aliphatic rings. The van der Waals surface area contributed by atoms with Gasteiger partial charge in [-0.25, -0.2) is 0 Å². The van der Waals surface area contributed by atoms with Gasteiger partial charge >= 0.3 is 0 Å². The minimum Gasteiger partial charge on any atom is -0.326 e. The summed E-state index contributed by atoms with van der Waals surface area (Å²) in [4.78, 5) is 0. The van der Waals surface area contributed by atoms with Gasteiger partial charge in [-0.05, 0) is 31.6 Å². The van der Waals surface area contributed by atoms with E-state index in [0.717, 1.165) is 22.0 Å². The first-order valence-electron chi connectivity index (χ1n) is 5.36. The quantitative estimate of drug-likeness (QED) is 0.617. The maximum absolute atomic E-state index is 5.74. The van der Waals surface area contributed by atoms with Crippen molar-refractivity contribution in [2.45, 2.75) is 45.2 Å². The van der Waals surface area contributed by atoms with Crippen molar-refractivity contribution in [1.29, 1.82) is 0 Å². The number of aryl methyl sites for hydroxylation is 1. The van der Waals surface area contributed by atoms with Gasteiger partial charge in [-0.15, -0.1) is 16.9 Å². The Balaban J connectivity index is 2.83. The van der Waals surface area contributed by atoms with Crippen LogP contribution in [0.5, 0.6) is 0 Å². The van der Waals surface area contributed by atoms with Crippen molar-refractivity contribution >= 4 is 11.8 Å². The lowest BCUT2D eigenvalue weighted by Gasteiger charge is -2.10. The molecule has 0 aliphatic carbocycles. The van der Waals surface area contributed by atoms with Crippen LogP contribution in [0, 0.1) is 13.8 Å². The third-order valence-electron chi connectivity index (χ3n) is 2.49. The van der Waals surface area contributed by atoms with Crippen LogP contribution in [0.1, 0.15) is 36.6 Å². The summed E-state index contributed by atoms with van der Waals surface area (Å²) >= 11 is 1.77. The number of hydrogen-bond acceptors (Lipinski definition) is 4. The van der Waals surface area contributed by atoms with Crippen molar-refractivity contribution < 1.29 is 0 Å². The zero-order valence-electron chi connectivity index (χ0n) is 9.71. The molecule has 0 atom stereocenters. The number of nitrogens with two attached hydrogens (primary N) is 1. The molecule has 1 heterocycles. The van der Waals surface area contributed by atoms with Crippen LogP contribution in [0.2, 0.25) is 0 Å². The SMILES string of the molecule is CCCCSc1nnc(C)c(C)c1CN. The number of nitrogens with zero attached hydrogens (tertiary/aromatic N) is 2. The molecule has 1 aromatic heterocycles. The molecule has 1 aromatic rings. The predicted molar refractivity (Wildman–Crippen MR) is 65.0 cm³/mol. The molecule has 0 aliphatic heterocycles. The molecular weight excluding hydrogens is 206 g/mol. The molecule has 0 saturated heterocycles. The van der Waals surface area contributed by atoms with Gasteiger partial charge in [0.25, 0.3) is 0 Å². The van der Waals surface area contributed by atoms with Crippen LogP contribution in [-0.2, 0) is 6.54 Å². The second-order valence-corrected chi connectivity index (χ2v) is 4.68. The van der Waals surface area contributed by atoms with Crippen LogP contribution in [0.15, 0.2) is 5.03 Å². The highest BCUT2D eigenvalue weighted by atomic mass is 32.2. The normalized spacial score (nSPS) is 10.7.